The van der Waals surface area contributed by atoms with E-state index >= 15 is 0 Å². The molecule has 0 aromatic heterocycles. The first-order valence-corrected chi connectivity index (χ1v) is 8.49. The van der Waals surface area contributed by atoms with Crippen molar-refractivity contribution in [3.63, 3.8) is 0 Å². The number of rotatable bonds is 4. The molecule has 2 rings (SSSR count). The van der Waals surface area contributed by atoms with Crippen molar-refractivity contribution >= 4 is 11.8 Å². The second-order valence-electron chi connectivity index (χ2n) is 7.31. The number of alkyl halides is 3. The number of halogens is 3. The number of hydrogen-bond acceptors (Lipinski definition) is 2. The maximum atomic E-state index is 12.7. The molecule has 2 N–H and O–H groups in total. The number of thioether (sulfide) groups is 1. The summed E-state index contributed by atoms with van der Waals surface area (Å²) in [7, 11) is 0. The molecule has 0 bridgehead atoms. The molecule has 22 heavy (non-hydrogen) atoms. The Hall–Kier alpha value is -0.680. The minimum absolute atomic E-state index is 0.0171. The molecule has 1 saturated carbocycles. The van der Waals surface area contributed by atoms with Crippen LogP contribution >= 0.6 is 11.8 Å². The van der Waals surface area contributed by atoms with Crippen LogP contribution in [-0.2, 0) is 11.8 Å². The number of nitrogens with two attached hydrogens (primary N) is 1. The standard InChI is InChI=1S/C17H24F3NS/c1-16(2,3)14-7-12(4-11-5-13(6-11)10-21)8-15(9-14)22-17(18,19)20/h7-9,11,13H,4-6,10,21H2,1-3H3/t11-,13-. The third-order valence-corrected chi connectivity index (χ3v) is 4.96. The molecule has 0 saturated heterocycles. The Balaban J connectivity index is 2.19. The first kappa shape index (κ1) is 17.7. The largest absolute Gasteiger partial charge is 0.446 e. The Bertz CT molecular complexity index is 514. The van der Waals surface area contributed by atoms with E-state index in [9.17, 15) is 13.2 Å². The van der Waals surface area contributed by atoms with Crippen LogP contribution in [0.15, 0.2) is 23.1 Å². The van der Waals surface area contributed by atoms with Crippen molar-refractivity contribution in [2.45, 2.75) is 55.9 Å². The molecule has 0 heterocycles. The van der Waals surface area contributed by atoms with Crippen LogP contribution in [0.4, 0.5) is 13.2 Å². The van der Waals surface area contributed by atoms with Crippen LogP contribution in [0.2, 0.25) is 0 Å². The Morgan fingerprint density at radius 1 is 1.09 bits per heavy atom. The van der Waals surface area contributed by atoms with Gasteiger partial charge in [0.05, 0.1) is 0 Å². The smallest absolute Gasteiger partial charge is 0.330 e. The van der Waals surface area contributed by atoms with E-state index in [-0.39, 0.29) is 17.2 Å². The maximum absolute atomic E-state index is 12.7. The van der Waals surface area contributed by atoms with Gasteiger partial charge in [0.15, 0.2) is 0 Å². The topological polar surface area (TPSA) is 26.0 Å². The van der Waals surface area contributed by atoms with Crippen molar-refractivity contribution in [1.82, 2.24) is 0 Å². The van der Waals surface area contributed by atoms with Gasteiger partial charge < -0.3 is 5.73 Å². The lowest BCUT2D eigenvalue weighted by Gasteiger charge is -2.35. The van der Waals surface area contributed by atoms with Crippen LogP contribution in [0.3, 0.4) is 0 Å². The molecule has 0 unspecified atom stereocenters. The average molecular weight is 331 g/mol. The molecule has 0 aliphatic heterocycles. The van der Waals surface area contributed by atoms with Crippen molar-refractivity contribution in [2.75, 3.05) is 6.54 Å². The number of hydrogen-bond donors (Lipinski definition) is 1. The van der Waals surface area contributed by atoms with E-state index in [1.54, 1.807) is 12.1 Å². The molecule has 5 heteroatoms. The summed E-state index contributed by atoms with van der Waals surface area (Å²) in [6, 6.07) is 5.44. The molecule has 1 nitrogen and oxygen atoms in total. The van der Waals surface area contributed by atoms with Crippen LogP contribution in [0.5, 0.6) is 0 Å². The van der Waals surface area contributed by atoms with E-state index in [4.69, 9.17) is 5.73 Å². The summed E-state index contributed by atoms with van der Waals surface area (Å²) in [5.41, 5.74) is 3.22. The first-order valence-electron chi connectivity index (χ1n) is 7.67. The summed E-state index contributed by atoms with van der Waals surface area (Å²) in [6.07, 6.45) is 3.04. The van der Waals surface area contributed by atoms with Gasteiger partial charge in [0, 0.05) is 4.90 Å². The van der Waals surface area contributed by atoms with Gasteiger partial charge in [-0.15, -0.1) is 0 Å². The van der Waals surface area contributed by atoms with Gasteiger partial charge in [-0.3, -0.25) is 0 Å². The van der Waals surface area contributed by atoms with Gasteiger partial charge in [0.2, 0.25) is 0 Å². The van der Waals surface area contributed by atoms with E-state index in [1.807, 2.05) is 20.8 Å². The Morgan fingerprint density at radius 2 is 1.73 bits per heavy atom. The summed E-state index contributed by atoms with van der Waals surface area (Å²) < 4.78 is 38.1. The van der Waals surface area contributed by atoms with E-state index in [2.05, 4.69) is 6.07 Å². The van der Waals surface area contributed by atoms with Gasteiger partial charge in [0.1, 0.15) is 0 Å². The fourth-order valence-electron chi connectivity index (χ4n) is 2.97. The van der Waals surface area contributed by atoms with Crippen LogP contribution in [0.1, 0.15) is 44.7 Å². The third-order valence-electron chi connectivity index (χ3n) is 4.26. The van der Waals surface area contributed by atoms with Gasteiger partial charge >= 0.3 is 5.51 Å². The van der Waals surface area contributed by atoms with Crippen LogP contribution < -0.4 is 5.73 Å². The quantitative estimate of drug-likeness (QED) is 0.775. The number of benzene rings is 1. The molecule has 0 spiro atoms. The monoisotopic (exact) mass is 331 g/mol. The normalized spacial score (nSPS) is 22.5. The van der Waals surface area contributed by atoms with E-state index in [0.29, 0.717) is 23.3 Å². The summed E-state index contributed by atoms with van der Waals surface area (Å²) in [5.74, 6) is 1.16. The van der Waals surface area contributed by atoms with Gasteiger partial charge in [-0.2, -0.15) is 13.2 Å². The molecular weight excluding hydrogens is 307 g/mol. The fourth-order valence-corrected chi connectivity index (χ4v) is 3.63. The Morgan fingerprint density at radius 3 is 2.23 bits per heavy atom. The molecule has 1 aliphatic rings. The van der Waals surface area contributed by atoms with E-state index < -0.39 is 5.51 Å². The molecule has 1 fully saturated rings. The molecule has 124 valence electrons. The molecule has 1 aliphatic carbocycles. The van der Waals surface area contributed by atoms with Gasteiger partial charge in [-0.1, -0.05) is 26.8 Å². The molecular formula is C17H24F3NS. The SMILES string of the molecule is CC(C)(C)c1cc(C[C@H]2C[C@H](CN)C2)cc(SC(F)(F)F)c1. The highest BCUT2D eigenvalue weighted by Crippen LogP contribution is 2.41. The van der Waals surface area contributed by atoms with Crippen molar-refractivity contribution < 1.29 is 13.2 Å². The Kier molecular flexibility index (Phi) is 5.17. The van der Waals surface area contributed by atoms with E-state index in [1.165, 1.54) is 0 Å². The van der Waals surface area contributed by atoms with Gasteiger partial charge in [-0.05, 0) is 78.1 Å². The highest BCUT2D eigenvalue weighted by Gasteiger charge is 2.31. The van der Waals surface area contributed by atoms with Crippen molar-refractivity contribution in [3.8, 4) is 0 Å². The fraction of sp³-hybridized carbons (Fsp3) is 0.647. The zero-order valence-corrected chi connectivity index (χ0v) is 14.2. The summed E-state index contributed by atoms with van der Waals surface area (Å²) in [4.78, 5) is 0.296. The minimum atomic E-state index is -4.24. The minimum Gasteiger partial charge on any atom is -0.330 e. The predicted molar refractivity (Wildman–Crippen MR) is 86.0 cm³/mol. The van der Waals surface area contributed by atoms with Crippen LogP contribution in [0, 0.1) is 11.8 Å². The second kappa shape index (κ2) is 6.44. The van der Waals surface area contributed by atoms with Crippen LogP contribution in [-0.4, -0.2) is 12.1 Å². The predicted octanol–water partition coefficient (Wildman–Crippen LogP) is 5.12. The highest BCUT2D eigenvalue weighted by atomic mass is 32.2. The first-order chi connectivity index (χ1) is 10.1. The zero-order chi connectivity index (χ0) is 16.5. The lowest BCUT2D eigenvalue weighted by molar-refractivity contribution is -0.0328. The zero-order valence-electron chi connectivity index (χ0n) is 13.3. The van der Waals surface area contributed by atoms with Gasteiger partial charge in [0.25, 0.3) is 0 Å². The third kappa shape index (κ3) is 4.92. The average Bonchev–Trinajstić information content (AvgIpc) is 2.29. The second-order valence-corrected chi connectivity index (χ2v) is 8.45. The molecule has 0 amide bonds. The summed E-state index contributed by atoms with van der Waals surface area (Å²) >= 11 is -0.0171. The maximum Gasteiger partial charge on any atom is 0.446 e. The van der Waals surface area contributed by atoms with Crippen molar-refractivity contribution in [1.29, 1.82) is 0 Å². The van der Waals surface area contributed by atoms with Gasteiger partial charge in [-0.25, -0.2) is 0 Å². The van der Waals surface area contributed by atoms with Crippen molar-refractivity contribution in [3.05, 3.63) is 29.3 Å². The Labute approximate surface area is 134 Å². The lowest BCUT2D eigenvalue weighted by atomic mass is 9.72. The van der Waals surface area contributed by atoms with Crippen molar-refractivity contribution in [2.24, 2.45) is 17.6 Å². The summed E-state index contributed by atoms with van der Waals surface area (Å²) in [6.45, 7) is 6.81. The molecule has 0 atom stereocenters. The summed E-state index contributed by atoms with van der Waals surface area (Å²) in [5, 5.41) is 0. The van der Waals surface area contributed by atoms with Crippen LogP contribution in [0.25, 0.3) is 0 Å². The molecule has 0 radical (unpaired) electrons. The molecule has 1 aromatic carbocycles. The lowest BCUT2D eigenvalue weighted by Crippen LogP contribution is -2.31. The molecule has 1 aromatic rings. The van der Waals surface area contributed by atoms with E-state index in [0.717, 1.165) is 30.4 Å². The highest BCUT2D eigenvalue weighted by molar-refractivity contribution is 8.00.